The number of carbonyl (C=O) groups is 1. The highest BCUT2D eigenvalue weighted by Crippen LogP contribution is 2.16. The van der Waals surface area contributed by atoms with Crippen LogP contribution in [-0.4, -0.2) is 23.9 Å². The number of nitrogens with zero attached hydrogens (tertiary/aromatic N) is 2. The van der Waals surface area contributed by atoms with Crippen molar-refractivity contribution < 1.29 is 13.2 Å². The number of hydrogen-bond acceptors (Lipinski definition) is 4. The fraction of sp³-hybridized carbons (Fsp3) is 0.0588. The molecule has 8 heteroatoms. The summed E-state index contributed by atoms with van der Waals surface area (Å²) in [6.07, 6.45) is 3.03. The van der Waals surface area contributed by atoms with Gasteiger partial charge < -0.3 is 5.32 Å². The van der Waals surface area contributed by atoms with Gasteiger partial charge in [-0.05, 0) is 29.8 Å². The molecule has 0 unspecified atom stereocenters. The Bertz CT molecular complexity index is 997. The fourth-order valence-electron chi connectivity index (χ4n) is 2.42. The average Bonchev–Trinajstić information content (AvgIpc) is 3.04. The number of carbonyl (C=O) groups excluding carboxylic acids is 1. The van der Waals surface area contributed by atoms with Gasteiger partial charge in [0.25, 0.3) is 5.91 Å². The molecule has 0 aliphatic rings. The van der Waals surface area contributed by atoms with Crippen LogP contribution in [0.1, 0.15) is 16.1 Å². The Morgan fingerprint density at radius 2 is 1.88 bits per heavy atom. The molecule has 0 radical (unpaired) electrons. The first-order valence-corrected chi connectivity index (χ1v) is 9.12. The Kier molecular flexibility index (Phi) is 4.64. The third kappa shape index (κ3) is 4.31. The Hall–Kier alpha value is -2.97. The molecule has 0 atom stereocenters. The maximum Gasteiger partial charge on any atom is 0.274 e. The van der Waals surface area contributed by atoms with Crippen LogP contribution >= 0.6 is 0 Å². The van der Waals surface area contributed by atoms with Gasteiger partial charge in [0.15, 0.2) is 0 Å². The monoisotopic (exact) mass is 356 g/mol. The van der Waals surface area contributed by atoms with Gasteiger partial charge in [0.05, 0.1) is 18.3 Å². The zero-order chi connectivity index (χ0) is 17.9. The number of benzene rings is 2. The molecule has 2 aromatic carbocycles. The lowest BCUT2D eigenvalue weighted by atomic mass is 10.2. The smallest absolute Gasteiger partial charge is 0.274 e. The van der Waals surface area contributed by atoms with Crippen LogP contribution in [-0.2, 0) is 15.8 Å². The fourth-order valence-corrected chi connectivity index (χ4v) is 3.07. The van der Waals surface area contributed by atoms with Crippen LogP contribution in [0.25, 0.3) is 5.69 Å². The van der Waals surface area contributed by atoms with E-state index in [1.165, 1.54) is 6.20 Å². The first-order valence-electron chi connectivity index (χ1n) is 7.41. The Balaban J connectivity index is 1.82. The molecule has 0 fully saturated rings. The molecule has 0 aliphatic carbocycles. The summed E-state index contributed by atoms with van der Waals surface area (Å²) in [5.74, 6) is -0.646. The van der Waals surface area contributed by atoms with E-state index in [0.717, 1.165) is 5.69 Å². The molecular formula is C17H16N4O3S. The number of amides is 1. The number of primary sulfonamides is 1. The summed E-state index contributed by atoms with van der Waals surface area (Å²) in [6.45, 7) is 0. The number of imidazole rings is 1. The molecular weight excluding hydrogens is 340 g/mol. The normalized spacial score (nSPS) is 11.2. The molecule has 3 aromatic rings. The molecule has 0 spiro atoms. The van der Waals surface area contributed by atoms with Crippen molar-refractivity contribution in [2.45, 2.75) is 5.75 Å². The summed E-state index contributed by atoms with van der Waals surface area (Å²) in [6, 6.07) is 15.9. The Morgan fingerprint density at radius 3 is 2.60 bits per heavy atom. The Labute approximate surface area is 145 Å². The molecule has 3 rings (SSSR count). The summed E-state index contributed by atoms with van der Waals surface area (Å²) in [5.41, 5.74) is 2.15. The van der Waals surface area contributed by atoms with Crippen molar-refractivity contribution in [2.24, 2.45) is 5.14 Å². The number of para-hydroxylation sites is 1. The maximum atomic E-state index is 12.6. The molecule has 7 nitrogen and oxygen atoms in total. The van der Waals surface area contributed by atoms with Crippen molar-refractivity contribution in [1.29, 1.82) is 0 Å². The van der Waals surface area contributed by atoms with Crippen molar-refractivity contribution in [3.8, 4) is 5.69 Å². The summed E-state index contributed by atoms with van der Waals surface area (Å²) in [5, 5.41) is 7.80. The van der Waals surface area contributed by atoms with E-state index in [9.17, 15) is 13.2 Å². The van der Waals surface area contributed by atoms with Crippen molar-refractivity contribution in [1.82, 2.24) is 9.55 Å². The molecule has 128 valence electrons. The zero-order valence-electron chi connectivity index (χ0n) is 13.2. The molecule has 0 saturated heterocycles. The average molecular weight is 356 g/mol. The standard InChI is InChI=1S/C17H16N4O3S/c18-25(23,24)11-13-5-4-6-14(9-13)20-17(22)16-10-19-12-21(16)15-7-2-1-3-8-15/h1-10,12H,11H2,(H,20,22)(H2,18,23,24). The number of nitrogens with one attached hydrogen (secondary N) is 1. The number of nitrogens with two attached hydrogens (primary N) is 1. The van der Waals surface area contributed by atoms with Gasteiger partial charge in [-0.1, -0.05) is 30.3 Å². The van der Waals surface area contributed by atoms with E-state index in [2.05, 4.69) is 10.3 Å². The third-order valence-corrected chi connectivity index (χ3v) is 4.19. The summed E-state index contributed by atoms with van der Waals surface area (Å²) in [7, 11) is -3.64. The van der Waals surface area contributed by atoms with E-state index in [-0.39, 0.29) is 11.7 Å². The van der Waals surface area contributed by atoms with Crippen molar-refractivity contribution >= 4 is 21.6 Å². The highest BCUT2D eigenvalue weighted by Gasteiger charge is 2.14. The van der Waals surface area contributed by atoms with Crippen molar-refractivity contribution in [2.75, 3.05) is 5.32 Å². The highest BCUT2D eigenvalue weighted by molar-refractivity contribution is 7.88. The lowest BCUT2D eigenvalue weighted by Crippen LogP contribution is -2.17. The van der Waals surface area contributed by atoms with Gasteiger partial charge in [-0.2, -0.15) is 0 Å². The van der Waals surface area contributed by atoms with Crippen LogP contribution in [0.15, 0.2) is 67.1 Å². The van der Waals surface area contributed by atoms with E-state index in [1.54, 1.807) is 35.2 Å². The van der Waals surface area contributed by atoms with Crippen LogP contribution < -0.4 is 10.5 Å². The van der Waals surface area contributed by atoms with Gasteiger partial charge in [0.2, 0.25) is 10.0 Å². The Morgan fingerprint density at radius 1 is 1.12 bits per heavy atom. The number of aromatic nitrogens is 2. The van der Waals surface area contributed by atoms with Gasteiger partial charge >= 0.3 is 0 Å². The minimum atomic E-state index is -3.64. The lowest BCUT2D eigenvalue weighted by Gasteiger charge is -2.10. The second-order valence-corrected chi connectivity index (χ2v) is 7.06. The van der Waals surface area contributed by atoms with Crippen LogP contribution in [0.2, 0.25) is 0 Å². The number of hydrogen-bond donors (Lipinski definition) is 2. The quantitative estimate of drug-likeness (QED) is 0.728. The molecule has 0 bridgehead atoms. The minimum Gasteiger partial charge on any atom is -0.321 e. The molecule has 1 aromatic heterocycles. The predicted octanol–water partition coefficient (Wildman–Crippen LogP) is 1.91. The van der Waals surface area contributed by atoms with E-state index in [4.69, 9.17) is 5.14 Å². The minimum absolute atomic E-state index is 0.293. The molecule has 3 N–H and O–H groups in total. The SMILES string of the molecule is NS(=O)(=O)Cc1cccc(NC(=O)c2cncn2-c2ccccc2)c1. The van der Waals surface area contributed by atoms with Gasteiger partial charge in [-0.3, -0.25) is 9.36 Å². The summed E-state index contributed by atoms with van der Waals surface area (Å²) >= 11 is 0. The van der Waals surface area contributed by atoms with E-state index < -0.39 is 10.0 Å². The second-order valence-electron chi connectivity index (χ2n) is 5.45. The molecule has 1 heterocycles. The van der Waals surface area contributed by atoms with E-state index in [1.807, 2.05) is 30.3 Å². The zero-order valence-corrected chi connectivity index (χ0v) is 14.0. The van der Waals surface area contributed by atoms with Crippen LogP contribution in [0.4, 0.5) is 5.69 Å². The molecule has 25 heavy (non-hydrogen) atoms. The highest BCUT2D eigenvalue weighted by atomic mass is 32.2. The van der Waals surface area contributed by atoms with Gasteiger partial charge in [-0.15, -0.1) is 0 Å². The van der Waals surface area contributed by atoms with Crippen molar-refractivity contribution in [3.63, 3.8) is 0 Å². The number of sulfonamides is 1. The van der Waals surface area contributed by atoms with Gasteiger partial charge in [-0.25, -0.2) is 18.5 Å². The van der Waals surface area contributed by atoms with E-state index >= 15 is 0 Å². The van der Waals surface area contributed by atoms with Crippen LogP contribution in [0.5, 0.6) is 0 Å². The number of rotatable bonds is 5. The third-order valence-electron chi connectivity index (χ3n) is 3.46. The predicted molar refractivity (Wildman–Crippen MR) is 94.8 cm³/mol. The first-order chi connectivity index (χ1) is 11.9. The molecule has 1 amide bonds. The van der Waals surface area contributed by atoms with E-state index in [0.29, 0.717) is 16.9 Å². The van der Waals surface area contributed by atoms with Crippen LogP contribution in [0, 0.1) is 0 Å². The topological polar surface area (TPSA) is 107 Å². The summed E-state index contributed by atoms with van der Waals surface area (Å²) < 4.78 is 24.1. The number of anilines is 1. The van der Waals surface area contributed by atoms with Crippen molar-refractivity contribution in [3.05, 3.63) is 78.4 Å². The van der Waals surface area contributed by atoms with Gasteiger partial charge in [0, 0.05) is 11.4 Å². The second kappa shape index (κ2) is 6.88. The van der Waals surface area contributed by atoms with Gasteiger partial charge in [0.1, 0.15) is 5.69 Å². The lowest BCUT2D eigenvalue weighted by molar-refractivity contribution is 0.102. The molecule has 0 aliphatic heterocycles. The first kappa shape index (κ1) is 16.9. The summed E-state index contributed by atoms with van der Waals surface area (Å²) in [4.78, 5) is 16.6. The maximum absolute atomic E-state index is 12.6. The molecule has 0 saturated carbocycles. The largest absolute Gasteiger partial charge is 0.321 e. The van der Waals surface area contributed by atoms with Crippen LogP contribution in [0.3, 0.4) is 0 Å².